The molecule has 10 heteroatoms. The van der Waals surface area contributed by atoms with Crippen LogP contribution >= 0.6 is 0 Å². The van der Waals surface area contributed by atoms with Crippen molar-refractivity contribution >= 4 is 27.8 Å². The van der Waals surface area contributed by atoms with Gasteiger partial charge in [0, 0.05) is 24.6 Å². The number of ether oxygens (including phenoxy) is 1. The van der Waals surface area contributed by atoms with E-state index in [0.717, 1.165) is 28.5 Å². The number of amides is 2. The lowest BCUT2D eigenvalue weighted by Crippen LogP contribution is -2.45. The molecule has 2 atom stereocenters. The minimum atomic E-state index is -3.37. The third-order valence-electron chi connectivity index (χ3n) is 6.00. The van der Waals surface area contributed by atoms with Crippen molar-refractivity contribution in [1.82, 2.24) is 10.6 Å². The fourth-order valence-electron chi connectivity index (χ4n) is 4.17. The molecule has 2 aromatic rings. The van der Waals surface area contributed by atoms with Crippen LogP contribution in [0.2, 0.25) is 0 Å². The highest BCUT2D eigenvalue weighted by Crippen LogP contribution is 2.44. The Bertz CT molecular complexity index is 1150. The van der Waals surface area contributed by atoms with Crippen LogP contribution < -0.4 is 10.6 Å². The molecule has 1 aliphatic carbocycles. The molecule has 188 valence electrons. The van der Waals surface area contributed by atoms with Crippen LogP contribution in [0.1, 0.15) is 43.2 Å². The molecule has 0 bridgehead atoms. The summed E-state index contributed by atoms with van der Waals surface area (Å²) in [7, 11) is -3.37. The Kier molecular flexibility index (Phi) is 8.50. The van der Waals surface area contributed by atoms with Crippen LogP contribution in [0.3, 0.4) is 0 Å². The molecule has 0 aliphatic heterocycles. The number of rotatable bonds is 11. The van der Waals surface area contributed by atoms with Crippen molar-refractivity contribution in [2.75, 3.05) is 18.6 Å². The Morgan fingerprint density at radius 1 is 1.00 bits per heavy atom. The highest BCUT2D eigenvalue weighted by molar-refractivity contribution is 7.90. The van der Waals surface area contributed by atoms with Gasteiger partial charge in [-0.1, -0.05) is 55.5 Å². The molecule has 2 amide bonds. The summed E-state index contributed by atoms with van der Waals surface area (Å²) in [4.78, 5) is 36.2. The van der Waals surface area contributed by atoms with Gasteiger partial charge in [0.05, 0.1) is 5.75 Å². The topological polar surface area (TPSA) is 139 Å². The van der Waals surface area contributed by atoms with E-state index >= 15 is 0 Å². The first kappa shape index (κ1) is 26.2. The summed E-state index contributed by atoms with van der Waals surface area (Å²) >= 11 is 0. The highest BCUT2D eigenvalue weighted by atomic mass is 32.2. The molecule has 0 fully saturated rings. The largest absolute Gasteiger partial charge is 0.480 e. The van der Waals surface area contributed by atoms with Crippen LogP contribution in [0, 0.1) is 0 Å². The Hall–Kier alpha value is -3.40. The first-order valence-corrected chi connectivity index (χ1v) is 13.5. The lowest BCUT2D eigenvalue weighted by molar-refractivity contribution is -0.141. The van der Waals surface area contributed by atoms with E-state index in [0.29, 0.717) is 6.42 Å². The average molecular weight is 503 g/mol. The van der Waals surface area contributed by atoms with Crippen molar-refractivity contribution in [3.8, 4) is 11.1 Å². The maximum Gasteiger partial charge on any atom is 0.407 e. The van der Waals surface area contributed by atoms with Crippen LogP contribution in [0.15, 0.2) is 48.5 Å². The quantitative estimate of drug-likeness (QED) is 0.429. The zero-order valence-electron chi connectivity index (χ0n) is 19.7. The van der Waals surface area contributed by atoms with Gasteiger partial charge >= 0.3 is 12.1 Å². The zero-order valence-corrected chi connectivity index (χ0v) is 20.5. The smallest absolute Gasteiger partial charge is 0.407 e. The summed E-state index contributed by atoms with van der Waals surface area (Å²) in [5.41, 5.74) is 4.40. The van der Waals surface area contributed by atoms with Crippen molar-refractivity contribution in [2.24, 2.45) is 0 Å². The van der Waals surface area contributed by atoms with Crippen LogP contribution in [-0.4, -0.2) is 62.2 Å². The zero-order chi connectivity index (χ0) is 25.6. The molecule has 3 N–H and O–H groups in total. The van der Waals surface area contributed by atoms with Crippen LogP contribution in [0.4, 0.5) is 4.79 Å². The van der Waals surface area contributed by atoms with Gasteiger partial charge in [0.1, 0.15) is 22.5 Å². The van der Waals surface area contributed by atoms with Gasteiger partial charge < -0.3 is 20.5 Å². The SMILES string of the molecule is CCC(CC(=O)NC(CCS(C)(=O)=O)C(=O)O)NC(=O)OCC1c2ccccc2-c2ccccc21. The van der Waals surface area contributed by atoms with Gasteiger partial charge in [-0.05, 0) is 35.1 Å². The predicted molar refractivity (Wildman–Crippen MR) is 131 cm³/mol. The Morgan fingerprint density at radius 2 is 1.57 bits per heavy atom. The number of sulfone groups is 1. The highest BCUT2D eigenvalue weighted by Gasteiger charge is 2.29. The fraction of sp³-hybridized carbons (Fsp3) is 0.400. The molecule has 9 nitrogen and oxygen atoms in total. The van der Waals surface area contributed by atoms with Gasteiger partial charge in [0.25, 0.3) is 0 Å². The van der Waals surface area contributed by atoms with Gasteiger partial charge in [0.15, 0.2) is 0 Å². The molecular formula is C25H30N2O7S. The molecule has 2 aromatic carbocycles. The molecule has 35 heavy (non-hydrogen) atoms. The number of fused-ring (bicyclic) bond motifs is 3. The summed E-state index contributed by atoms with van der Waals surface area (Å²) in [6.45, 7) is 1.91. The van der Waals surface area contributed by atoms with E-state index in [1.165, 1.54) is 0 Å². The third-order valence-corrected chi connectivity index (χ3v) is 6.98. The molecular weight excluding hydrogens is 472 g/mol. The lowest BCUT2D eigenvalue weighted by Gasteiger charge is -2.20. The minimum Gasteiger partial charge on any atom is -0.480 e. The standard InChI is InChI=1S/C25H30N2O7S/c1-3-16(14-23(28)27-22(24(29)30)12-13-35(2,32)33)26-25(31)34-15-21-19-10-6-4-8-17(19)18-9-5-7-11-20(18)21/h4-11,16,21-22H,3,12-15H2,1-2H3,(H,26,31)(H,27,28)(H,29,30). The lowest BCUT2D eigenvalue weighted by atomic mass is 9.98. The predicted octanol–water partition coefficient (Wildman–Crippen LogP) is 2.70. The number of aliphatic carboxylic acids is 1. The number of carboxylic acids is 1. The summed E-state index contributed by atoms with van der Waals surface area (Å²) in [5.74, 6) is -2.38. The molecule has 3 rings (SSSR count). The van der Waals surface area contributed by atoms with Gasteiger partial charge in [0.2, 0.25) is 5.91 Å². The molecule has 0 spiro atoms. The van der Waals surface area contributed by atoms with Gasteiger partial charge in [-0.2, -0.15) is 0 Å². The van der Waals surface area contributed by atoms with Gasteiger partial charge in [-0.25, -0.2) is 18.0 Å². The van der Waals surface area contributed by atoms with Crippen molar-refractivity contribution in [3.63, 3.8) is 0 Å². The van der Waals surface area contributed by atoms with E-state index < -0.39 is 39.9 Å². The van der Waals surface area contributed by atoms with E-state index in [1.54, 1.807) is 6.92 Å². The number of carboxylic acid groups (broad SMARTS) is 1. The summed E-state index contributed by atoms with van der Waals surface area (Å²) in [6.07, 6.45) is 0.343. The van der Waals surface area contributed by atoms with E-state index in [4.69, 9.17) is 4.74 Å². The Labute approximate surface area is 204 Å². The third kappa shape index (κ3) is 7.05. The summed E-state index contributed by atoms with van der Waals surface area (Å²) < 4.78 is 28.1. The number of hydrogen-bond donors (Lipinski definition) is 3. The molecule has 2 unspecified atom stereocenters. The van der Waals surface area contributed by atoms with Crippen LogP contribution in [-0.2, 0) is 24.2 Å². The second-order valence-corrected chi connectivity index (χ2v) is 10.9. The first-order valence-electron chi connectivity index (χ1n) is 11.4. The molecule has 0 saturated heterocycles. The summed E-state index contributed by atoms with van der Waals surface area (Å²) in [6, 6.07) is 14.1. The van der Waals surface area contributed by atoms with Crippen molar-refractivity contribution in [1.29, 1.82) is 0 Å². The average Bonchev–Trinajstić information content (AvgIpc) is 3.13. The monoisotopic (exact) mass is 502 g/mol. The molecule has 1 aliphatic rings. The van der Waals surface area contributed by atoms with Crippen LogP contribution in [0.25, 0.3) is 11.1 Å². The summed E-state index contributed by atoms with van der Waals surface area (Å²) in [5, 5.41) is 14.3. The van der Waals surface area contributed by atoms with Crippen LogP contribution in [0.5, 0.6) is 0 Å². The second kappa shape index (κ2) is 11.4. The van der Waals surface area contributed by atoms with Gasteiger partial charge in [-0.3, -0.25) is 4.79 Å². The molecule has 0 heterocycles. The first-order chi connectivity index (χ1) is 16.6. The van der Waals surface area contributed by atoms with Gasteiger partial charge in [-0.15, -0.1) is 0 Å². The molecule has 0 saturated carbocycles. The number of nitrogens with one attached hydrogen (secondary N) is 2. The van der Waals surface area contributed by atoms with E-state index in [2.05, 4.69) is 10.6 Å². The Morgan fingerprint density at radius 3 is 2.09 bits per heavy atom. The minimum absolute atomic E-state index is 0.0947. The molecule has 0 aromatic heterocycles. The number of benzene rings is 2. The van der Waals surface area contributed by atoms with Crippen molar-refractivity contribution in [3.05, 3.63) is 59.7 Å². The Balaban J connectivity index is 1.54. The maximum absolute atomic E-state index is 12.5. The van der Waals surface area contributed by atoms with Crippen molar-refractivity contribution in [2.45, 2.75) is 44.2 Å². The maximum atomic E-state index is 12.5. The fourth-order valence-corrected chi connectivity index (χ4v) is 4.83. The second-order valence-electron chi connectivity index (χ2n) is 8.66. The number of carbonyl (C=O) groups excluding carboxylic acids is 2. The van der Waals surface area contributed by atoms with E-state index in [1.807, 2.05) is 48.5 Å². The van der Waals surface area contributed by atoms with E-state index in [-0.39, 0.29) is 31.1 Å². The number of carbonyl (C=O) groups is 3. The van der Waals surface area contributed by atoms with E-state index in [9.17, 15) is 27.9 Å². The van der Waals surface area contributed by atoms with Crippen molar-refractivity contribution < 1.29 is 32.6 Å². The number of hydrogen-bond acceptors (Lipinski definition) is 6. The number of alkyl carbamates (subject to hydrolysis) is 1. The normalized spacial score (nSPS) is 14.3. The molecule has 0 radical (unpaired) electrons.